The summed E-state index contributed by atoms with van der Waals surface area (Å²) in [7, 11) is 0. The van der Waals surface area contributed by atoms with Gasteiger partial charge in [-0.2, -0.15) is 0 Å². The summed E-state index contributed by atoms with van der Waals surface area (Å²) in [5.74, 6) is -0.981. The molecule has 1 atom stereocenters. The molecule has 0 heterocycles. The van der Waals surface area contributed by atoms with Crippen LogP contribution in [0.2, 0.25) is 0 Å². The molecule has 17 heavy (non-hydrogen) atoms. The summed E-state index contributed by atoms with van der Waals surface area (Å²) >= 11 is 0. The lowest BCUT2D eigenvalue weighted by Gasteiger charge is -2.29. The van der Waals surface area contributed by atoms with Crippen molar-refractivity contribution in [2.24, 2.45) is 17.1 Å². The highest BCUT2D eigenvalue weighted by atomic mass is 16.4. The van der Waals surface area contributed by atoms with E-state index < -0.39 is 11.4 Å². The molecular formula is C12H24N2O3. The molecule has 0 rings (SSSR count). The van der Waals surface area contributed by atoms with Gasteiger partial charge in [-0.25, -0.2) is 0 Å². The van der Waals surface area contributed by atoms with E-state index in [0.29, 0.717) is 25.9 Å². The number of amides is 1. The van der Waals surface area contributed by atoms with Crippen LogP contribution in [0, 0.1) is 11.3 Å². The van der Waals surface area contributed by atoms with Gasteiger partial charge in [0.1, 0.15) is 0 Å². The van der Waals surface area contributed by atoms with Crippen molar-refractivity contribution in [1.29, 1.82) is 0 Å². The third-order valence-corrected chi connectivity index (χ3v) is 3.36. The Morgan fingerprint density at radius 3 is 2.24 bits per heavy atom. The fraction of sp³-hybridized carbons (Fsp3) is 0.833. The minimum Gasteiger partial charge on any atom is -0.481 e. The number of rotatable bonds is 8. The Morgan fingerprint density at radius 2 is 1.88 bits per heavy atom. The van der Waals surface area contributed by atoms with Crippen LogP contribution in [0.1, 0.15) is 40.0 Å². The van der Waals surface area contributed by atoms with Crippen molar-refractivity contribution in [2.45, 2.75) is 40.0 Å². The topological polar surface area (TPSA) is 92.4 Å². The Bertz CT molecular complexity index is 254. The van der Waals surface area contributed by atoms with E-state index in [1.54, 1.807) is 6.92 Å². The summed E-state index contributed by atoms with van der Waals surface area (Å²) in [5, 5.41) is 11.4. The second-order valence-electron chi connectivity index (χ2n) is 4.60. The zero-order valence-corrected chi connectivity index (χ0v) is 11.0. The van der Waals surface area contributed by atoms with Crippen molar-refractivity contribution in [1.82, 2.24) is 5.32 Å². The first kappa shape index (κ1) is 15.9. The zero-order chi connectivity index (χ0) is 13.5. The van der Waals surface area contributed by atoms with E-state index in [0.717, 1.165) is 0 Å². The van der Waals surface area contributed by atoms with Gasteiger partial charge >= 0.3 is 5.97 Å². The molecule has 100 valence electrons. The van der Waals surface area contributed by atoms with E-state index in [2.05, 4.69) is 5.32 Å². The molecule has 1 amide bonds. The highest BCUT2D eigenvalue weighted by Gasteiger charge is 2.33. The fourth-order valence-electron chi connectivity index (χ4n) is 1.78. The minimum absolute atomic E-state index is 0.0636. The summed E-state index contributed by atoms with van der Waals surface area (Å²) in [4.78, 5) is 22.5. The molecular weight excluding hydrogens is 220 g/mol. The van der Waals surface area contributed by atoms with Crippen LogP contribution in [0.15, 0.2) is 0 Å². The molecule has 0 aromatic heterocycles. The van der Waals surface area contributed by atoms with Crippen LogP contribution in [-0.4, -0.2) is 30.1 Å². The maximum Gasteiger partial charge on any atom is 0.303 e. The fourth-order valence-corrected chi connectivity index (χ4v) is 1.78. The Kier molecular flexibility index (Phi) is 6.80. The van der Waals surface area contributed by atoms with Crippen molar-refractivity contribution in [3.05, 3.63) is 0 Å². The van der Waals surface area contributed by atoms with E-state index in [-0.39, 0.29) is 18.2 Å². The van der Waals surface area contributed by atoms with Crippen LogP contribution < -0.4 is 11.1 Å². The number of hydrogen-bond acceptors (Lipinski definition) is 3. The number of carbonyl (C=O) groups excluding carboxylic acids is 1. The second kappa shape index (κ2) is 7.27. The molecule has 1 unspecified atom stereocenters. The SMILES string of the molecule is CCC(CC)(CN)C(=O)NCC(C)CC(=O)O. The number of nitrogens with one attached hydrogen (secondary N) is 1. The predicted molar refractivity (Wildman–Crippen MR) is 66.5 cm³/mol. The van der Waals surface area contributed by atoms with Gasteiger partial charge in [-0.05, 0) is 18.8 Å². The molecule has 0 bridgehead atoms. The summed E-state index contributed by atoms with van der Waals surface area (Å²) in [5.41, 5.74) is 5.15. The van der Waals surface area contributed by atoms with Gasteiger partial charge in [0.25, 0.3) is 0 Å². The van der Waals surface area contributed by atoms with Gasteiger partial charge in [0.15, 0.2) is 0 Å². The third kappa shape index (κ3) is 4.73. The lowest BCUT2D eigenvalue weighted by Crippen LogP contribution is -2.46. The van der Waals surface area contributed by atoms with Gasteiger partial charge in [0, 0.05) is 19.5 Å². The van der Waals surface area contributed by atoms with Crippen molar-refractivity contribution in [3.8, 4) is 0 Å². The Hall–Kier alpha value is -1.10. The van der Waals surface area contributed by atoms with Gasteiger partial charge in [-0.15, -0.1) is 0 Å². The van der Waals surface area contributed by atoms with Crippen LogP contribution in [-0.2, 0) is 9.59 Å². The standard InChI is InChI=1S/C12H24N2O3/c1-4-12(5-2,8-13)11(17)14-7-9(3)6-10(15)16/h9H,4-8,13H2,1-3H3,(H,14,17)(H,15,16). The Morgan fingerprint density at radius 1 is 1.35 bits per heavy atom. The molecule has 0 spiro atoms. The van der Waals surface area contributed by atoms with Crippen LogP contribution in [0.25, 0.3) is 0 Å². The molecule has 0 aromatic carbocycles. The molecule has 0 saturated heterocycles. The van der Waals surface area contributed by atoms with Gasteiger partial charge < -0.3 is 16.2 Å². The quantitative estimate of drug-likeness (QED) is 0.593. The number of aliphatic carboxylic acids is 1. The summed E-state index contributed by atoms with van der Waals surface area (Å²) < 4.78 is 0. The molecule has 0 radical (unpaired) electrons. The maximum atomic E-state index is 12.0. The summed E-state index contributed by atoms with van der Waals surface area (Å²) in [6.45, 7) is 6.38. The van der Waals surface area contributed by atoms with Crippen molar-refractivity contribution in [2.75, 3.05) is 13.1 Å². The first-order valence-corrected chi connectivity index (χ1v) is 6.12. The van der Waals surface area contributed by atoms with E-state index >= 15 is 0 Å². The van der Waals surface area contributed by atoms with Gasteiger partial charge in [-0.1, -0.05) is 20.8 Å². The zero-order valence-electron chi connectivity index (χ0n) is 11.0. The Labute approximate surface area is 103 Å². The van der Waals surface area contributed by atoms with Crippen LogP contribution >= 0.6 is 0 Å². The molecule has 0 aromatic rings. The van der Waals surface area contributed by atoms with Gasteiger partial charge in [-0.3, -0.25) is 9.59 Å². The molecule has 0 saturated carbocycles. The molecule has 0 aliphatic rings. The molecule has 0 fully saturated rings. The smallest absolute Gasteiger partial charge is 0.303 e. The molecule has 0 aliphatic heterocycles. The highest BCUT2D eigenvalue weighted by molar-refractivity contribution is 5.82. The van der Waals surface area contributed by atoms with E-state index in [1.165, 1.54) is 0 Å². The van der Waals surface area contributed by atoms with Crippen molar-refractivity contribution < 1.29 is 14.7 Å². The average molecular weight is 244 g/mol. The second-order valence-corrected chi connectivity index (χ2v) is 4.60. The largest absolute Gasteiger partial charge is 0.481 e. The van der Waals surface area contributed by atoms with Crippen LogP contribution in [0.5, 0.6) is 0 Å². The van der Waals surface area contributed by atoms with Crippen molar-refractivity contribution >= 4 is 11.9 Å². The molecule has 5 nitrogen and oxygen atoms in total. The predicted octanol–water partition coefficient (Wildman–Crippen LogP) is 0.979. The summed E-state index contributed by atoms with van der Waals surface area (Å²) in [6.07, 6.45) is 1.45. The average Bonchev–Trinajstić information content (AvgIpc) is 2.28. The lowest BCUT2D eigenvalue weighted by atomic mass is 9.81. The number of carbonyl (C=O) groups is 2. The normalized spacial score (nSPS) is 13.2. The van der Waals surface area contributed by atoms with Crippen LogP contribution in [0.3, 0.4) is 0 Å². The lowest BCUT2D eigenvalue weighted by molar-refractivity contribution is -0.138. The summed E-state index contributed by atoms with van der Waals surface area (Å²) in [6, 6.07) is 0. The first-order chi connectivity index (χ1) is 7.91. The third-order valence-electron chi connectivity index (χ3n) is 3.36. The number of hydrogen-bond donors (Lipinski definition) is 3. The van der Waals surface area contributed by atoms with Crippen molar-refractivity contribution in [3.63, 3.8) is 0 Å². The maximum absolute atomic E-state index is 12.0. The molecule has 5 heteroatoms. The monoisotopic (exact) mass is 244 g/mol. The highest BCUT2D eigenvalue weighted by Crippen LogP contribution is 2.24. The number of carboxylic acids is 1. The van der Waals surface area contributed by atoms with E-state index in [4.69, 9.17) is 10.8 Å². The minimum atomic E-state index is -0.845. The number of carboxylic acid groups (broad SMARTS) is 1. The van der Waals surface area contributed by atoms with E-state index in [9.17, 15) is 9.59 Å². The first-order valence-electron chi connectivity index (χ1n) is 6.12. The molecule has 4 N–H and O–H groups in total. The van der Waals surface area contributed by atoms with Gasteiger partial charge in [0.2, 0.25) is 5.91 Å². The molecule has 0 aliphatic carbocycles. The van der Waals surface area contributed by atoms with Crippen LogP contribution in [0.4, 0.5) is 0 Å². The van der Waals surface area contributed by atoms with E-state index in [1.807, 2.05) is 13.8 Å². The van der Waals surface area contributed by atoms with Gasteiger partial charge in [0.05, 0.1) is 5.41 Å². The Balaban J connectivity index is 4.29. The number of nitrogens with two attached hydrogens (primary N) is 1.